The summed E-state index contributed by atoms with van der Waals surface area (Å²) in [6.45, 7) is 6.23. The van der Waals surface area contributed by atoms with Gasteiger partial charge < -0.3 is 4.79 Å². The van der Waals surface area contributed by atoms with Crippen LogP contribution in [0.2, 0.25) is 0 Å². The van der Waals surface area contributed by atoms with Gasteiger partial charge in [0.15, 0.2) is 0 Å². The molecule has 2 heteroatoms. The highest BCUT2D eigenvalue weighted by Crippen LogP contribution is 2.23. The van der Waals surface area contributed by atoms with Gasteiger partial charge in [0.1, 0.15) is 11.6 Å². The molecule has 33 heavy (non-hydrogen) atoms. The number of carbonyl (C=O) groups is 2. The smallest absolute Gasteiger partial charge is 0.133 e. The molecule has 0 N–H and O–H groups in total. The van der Waals surface area contributed by atoms with Crippen molar-refractivity contribution in [1.82, 2.24) is 0 Å². The summed E-state index contributed by atoms with van der Waals surface area (Å²) < 4.78 is 0. The summed E-state index contributed by atoms with van der Waals surface area (Å²) in [6, 6.07) is 0. The van der Waals surface area contributed by atoms with Gasteiger partial charge in [-0.25, -0.2) is 0 Å². The Hall–Kier alpha value is -0.660. The van der Waals surface area contributed by atoms with Gasteiger partial charge in [-0.3, -0.25) is 4.79 Å². The normalized spacial score (nSPS) is 12.2. The fourth-order valence-electron chi connectivity index (χ4n) is 4.96. The lowest BCUT2D eigenvalue weighted by Crippen LogP contribution is -2.09. The minimum atomic E-state index is 0.306. The number of Topliss-reactive ketones (excluding diaryl/α,β-unsaturated/α-hetero) is 2. The third-order valence-electron chi connectivity index (χ3n) is 7.18. The molecule has 0 radical (unpaired) electrons. The average molecular weight is 465 g/mol. The molecule has 0 aliphatic heterocycles. The first-order valence-electron chi connectivity index (χ1n) is 15.1. The zero-order valence-electron chi connectivity index (χ0n) is 23.1. The first kappa shape index (κ1) is 32.3. The molecular weight excluding hydrogens is 404 g/mol. The minimum absolute atomic E-state index is 0.306. The quantitative estimate of drug-likeness (QED) is 0.113. The van der Waals surface area contributed by atoms with Crippen LogP contribution in [-0.2, 0) is 9.59 Å². The van der Waals surface area contributed by atoms with E-state index >= 15 is 0 Å². The topological polar surface area (TPSA) is 34.1 Å². The highest BCUT2D eigenvalue weighted by molar-refractivity contribution is 5.78. The lowest BCUT2D eigenvalue weighted by molar-refractivity contribution is -0.120. The monoisotopic (exact) mass is 464 g/mol. The van der Waals surface area contributed by atoms with Crippen molar-refractivity contribution >= 4 is 11.6 Å². The molecule has 0 aromatic carbocycles. The van der Waals surface area contributed by atoms with Gasteiger partial charge in [-0.05, 0) is 25.7 Å². The second-order valence-electron chi connectivity index (χ2n) is 10.8. The fourth-order valence-corrected chi connectivity index (χ4v) is 4.96. The first-order chi connectivity index (χ1) is 16.1. The molecule has 0 fully saturated rings. The van der Waals surface area contributed by atoms with Crippen LogP contribution in [0.5, 0.6) is 0 Å². The molecule has 196 valence electrons. The molecular formula is C31H60O2. The van der Waals surface area contributed by atoms with Crippen molar-refractivity contribution in [3.05, 3.63) is 0 Å². The van der Waals surface area contributed by atoms with E-state index in [0.717, 1.165) is 38.5 Å². The summed E-state index contributed by atoms with van der Waals surface area (Å²) in [5.74, 6) is 1.39. The van der Waals surface area contributed by atoms with E-state index in [4.69, 9.17) is 0 Å². The van der Waals surface area contributed by atoms with Gasteiger partial charge in [0.2, 0.25) is 0 Å². The van der Waals surface area contributed by atoms with Gasteiger partial charge in [0, 0.05) is 19.3 Å². The lowest BCUT2D eigenvalue weighted by Gasteiger charge is -2.16. The molecule has 0 aliphatic rings. The zero-order valence-corrected chi connectivity index (χ0v) is 23.1. The molecule has 1 unspecified atom stereocenters. The second-order valence-corrected chi connectivity index (χ2v) is 10.8. The molecule has 0 aromatic heterocycles. The number of ketones is 2. The molecule has 2 nitrogen and oxygen atoms in total. The summed E-state index contributed by atoms with van der Waals surface area (Å²) in [7, 11) is 0. The first-order valence-corrected chi connectivity index (χ1v) is 15.1. The minimum Gasteiger partial charge on any atom is -0.300 e. The van der Waals surface area contributed by atoms with Gasteiger partial charge in [-0.1, -0.05) is 142 Å². The van der Waals surface area contributed by atoms with E-state index < -0.39 is 0 Å². The Balaban J connectivity index is 3.92. The number of rotatable bonds is 27. The number of carbonyl (C=O) groups excluding carboxylic acids is 2. The third kappa shape index (κ3) is 25.8. The Morgan fingerprint density at radius 2 is 0.848 bits per heavy atom. The van der Waals surface area contributed by atoms with Crippen LogP contribution in [0, 0.1) is 5.92 Å². The largest absolute Gasteiger partial charge is 0.300 e. The molecule has 0 spiro atoms. The van der Waals surface area contributed by atoms with Crippen LogP contribution in [-0.4, -0.2) is 11.6 Å². The fraction of sp³-hybridized carbons (Fsp3) is 0.935. The summed E-state index contributed by atoms with van der Waals surface area (Å²) in [4.78, 5) is 23.8. The molecule has 0 saturated heterocycles. The Morgan fingerprint density at radius 3 is 1.30 bits per heavy atom. The van der Waals surface area contributed by atoms with Crippen molar-refractivity contribution in [3.63, 3.8) is 0 Å². The van der Waals surface area contributed by atoms with Gasteiger partial charge in [0.25, 0.3) is 0 Å². The van der Waals surface area contributed by atoms with Crippen molar-refractivity contribution in [1.29, 1.82) is 0 Å². The third-order valence-corrected chi connectivity index (χ3v) is 7.18. The van der Waals surface area contributed by atoms with E-state index in [1.807, 2.05) is 0 Å². The maximum Gasteiger partial charge on any atom is 0.133 e. The van der Waals surface area contributed by atoms with Gasteiger partial charge in [-0.15, -0.1) is 0 Å². The predicted molar refractivity (Wildman–Crippen MR) is 146 cm³/mol. The second kappa shape index (κ2) is 26.0. The van der Waals surface area contributed by atoms with Crippen molar-refractivity contribution in [2.24, 2.45) is 5.92 Å². The van der Waals surface area contributed by atoms with Crippen LogP contribution in [0.25, 0.3) is 0 Å². The van der Waals surface area contributed by atoms with Crippen LogP contribution in [0.3, 0.4) is 0 Å². The Morgan fingerprint density at radius 1 is 0.485 bits per heavy atom. The molecule has 0 rings (SSSR count). The van der Waals surface area contributed by atoms with Crippen molar-refractivity contribution in [3.8, 4) is 0 Å². The lowest BCUT2D eigenvalue weighted by atomic mass is 9.89. The van der Waals surface area contributed by atoms with Gasteiger partial charge >= 0.3 is 0 Å². The summed E-state index contributed by atoms with van der Waals surface area (Å²) >= 11 is 0. The van der Waals surface area contributed by atoms with E-state index in [0.29, 0.717) is 17.5 Å². The van der Waals surface area contributed by atoms with E-state index in [9.17, 15) is 9.59 Å². The van der Waals surface area contributed by atoms with Crippen LogP contribution >= 0.6 is 0 Å². The number of unbranched alkanes of at least 4 members (excludes halogenated alkanes) is 17. The number of hydrogen-bond acceptors (Lipinski definition) is 2. The van der Waals surface area contributed by atoms with Crippen molar-refractivity contribution in [2.45, 2.75) is 181 Å². The maximum atomic E-state index is 12.6. The van der Waals surface area contributed by atoms with Crippen molar-refractivity contribution in [2.75, 3.05) is 0 Å². The van der Waals surface area contributed by atoms with Crippen molar-refractivity contribution < 1.29 is 9.59 Å². The number of hydrogen-bond donors (Lipinski definition) is 0. The van der Waals surface area contributed by atoms with E-state index in [2.05, 4.69) is 13.8 Å². The van der Waals surface area contributed by atoms with Crippen LogP contribution < -0.4 is 0 Å². The zero-order chi connectivity index (χ0) is 24.4. The maximum absolute atomic E-state index is 12.6. The Labute approximate surface area is 208 Å². The van der Waals surface area contributed by atoms with E-state index in [-0.39, 0.29) is 0 Å². The SMILES string of the molecule is CCCCCCCCCCCCCC(=O)CC(CCCCCCCC)CCCCCC(C)=O. The molecule has 0 heterocycles. The standard InChI is InChI=1S/C31H60O2/c1-4-6-8-10-12-13-14-15-16-18-23-27-31(33)28-30(25-21-17-11-9-7-5-2)26-22-19-20-24-29(3)32/h30H,4-28H2,1-3H3. The summed E-state index contributed by atoms with van der Waals surface area (Å²) in [5, 5.41) is 0. The van der Waals surface area contributed by atoms with Gasteiger partial charge in [0.05, 0.1) is 0 Å². The summed E-state index contributed by atoms with van der Waals surface area (Å²) in [6.07, 6.45) is 30.8. The van der Waals surface area contributed by atoms with Crippen LogP contribution in [0.1, 0.15) is 181 Å². The highest BCUT2D eigenvalue weighted by Gasteiger charge is 2.14. The van der Waals surface area contributed by atoms with Gasteiger partial charge in [-0.2, -0.15) is 0 Å². The van der Waals surface area contributed by atoms with E-state index in [1.165, 1.54) is 122 Å². The van der Waals surface area contributed by atoms with E-state index in [1.54, 1.807) is 6.92 Å². The Bertz CT molecular complexity index is 429. The van der Waals surface area contributed by atoms with Crippen LogP contribution in [0.4, 0.5) is 0 Å². The highest BCUT2D eigenvalue weighted by atomic mass is 16.1. The molecule has 1 atom stereocenters. The average Bonchev–Trinajstić information content (AvgIpc) is 2.79. The molecule has 0 bridgehead atoms. The molecule has 0 amide bonds. The predicted octanol–water partition coefficient (Wildman–Crippen LogP) is 10.6. The summed E-state index contributed by atoms with van der Waals surface area (Å²) in [5.41, 5.74) is 0. The molecule has 0 aliphatic carbocycles. The molecule has 0 aromatic rings. The molecule has 0 saturated carbocycles. The van der Waals surface area contributed by atoms with Crippen LogP contribution in [0.15, 0.2) is 0 Å². The Kier molecular flexibility index (Phi) is 25.4.